The van der Waals surface area contributed by atoms with Crippen LogP contribution in [0.4, 0.5) is 5.69 Å². The second-order valence-corrected chi connectivity index (χ2v) is 13.9. The molecule has 46 heavy (non-hydrogen) atoms. The second-order valence-electron chi connectivity index (χ2n) is 13.9. The molecule has 0 radical (unpaired) electrons. The van der Waals surface area contributed by atoms with E-state index in [1.165, 1.54) is 76.2 Å². The van der Waals surface area contributed by atoms with Gasteiger partial charge in [0, 0.05) is 18.8 Å². The van der Waals surface area contributed by atoms with Crippen LogP contribution in [0.2, 0.25) is 0 Å². The molecule has 0 aromatic heterocycles. The normalized spacial score (nSPS) is 13.7. The molecule has 2 aliphatic rings. The van der Waals surface area contributed by atoms with E-state index in [-0.39, 0.29) is 11.3 Å². The molecule has 5 heteroatoms. The molecule has 2 heterocycles. The van der Waals surface area contributed by atoms with Crippen molar-refractivity contribution in [2.24, 2.45) is 4.99 Å². The van der Waals surface area contributed by atoms with Gasteiger partial charge in [-0.15, -0.1) is 0 Å². The Morgan fingerprint density at radius 1 is 0.848 bits per heavy atom. The van der Waals surface area contributed by atoms with Crippen molar-refractivity contribution in [1.82, 2.24) is 4.90 Å². The minimum absolute atomic E-state index is 0.0143. The number of amides is 1. The van der Waals surface area contributed by atoms with Crippen LogP contribution in [-0.4, -0.2) is 23.2 Å². The van der Waals surface area contributed by atoms with Gasteiger partial charge in [0.1, 0.15) is 5.75 Å². The van der Waals surface area contributed by atoms with Crippen molar-refractivity contribution in [3.63, 3.8) is 0 Å². The van der Waals surface area contributed by atoms with Crippen molar-refractivity contribution >= 4 is 17.4 Å². The van der Waals surface area contributed by atoms with Gasteiger partial charge in [0.05, 0.1) is 25.6 Å². The van der Waals surface area contributed by atoms with Gasteiger partial charge >= 0.3 is 0 Å². The summed E-state index contributed by atoms with van der Waals surface area (Å²) in [6.45, 7) is 11.8. The molecule has 0 saturated heterocycles. The topological polar surface area (TPSA) is 45.1 Å². The number of hydrogen-bond donors (Lipinski definition) is 0. The summed E-state index contributed by atoms with van der Waals surface area (Å²) in [5, 5.41) is 0. The first-order valence-corrected chi connectivity index (χ1v) is 17.7. The molecule has 0 fully saturated rings. The smallest absolute Gasteiger partial charge is 0.247 e. The number of rotatable bonds is 19. The molecular formula is C41H56N3O2+. The summed E-state index contributed by atoms with van der Waals surface area (Å²) in [4.78, 5) is 21.2. The Balaban J connectivity index is 1.28. The Labute approximate surface area is 279 Å². The fourth-order valence-electron chi connectivity index (χ4n) is 6.13. The third-order valence-electron chi connectivity index (χ3n) is 8.88. The number of amidine groups is 1. The number of aliphatic imine (C=N–C) groups is 1. The zero-order chi connectivity index (χ0) is 32.8. The molecule has 0 saturated carbocycles. The molecule has 4 rings (SSSR count). The number of anilines is 1. The standard InChI is InChI=1S/C41H56N3O2/c1-6-7-8-9-10-11-12-13-14-15-16-19-28-46-39-29-35(23-26-38(39)41(3,4)5)32-44(33(2)45)36-24-21-34(22-25-36)30-40-42-31-37-20-17-18-27-43(37)40/h17-18,20-27,29H,6-16,19,28,30,32H2,1-5H3/q+1. The fourth-order valence-corrected chi connectivity index (χ4v) is 6.13. The van der Waals surface area contributed by atoms with Crippen LogP contribution in [0.3, 0.4) is 0 Å². The first-order valence-electron chi connectivity index (χ1n) is 17.7. The maximum Gasteiger partial charge on any atom is 0.247 e. The summed E-state index contributed by atoms with van der Waals surface area (Å²) in [5.74, 6) is 1.90. The molecule has 0 unspecified atom stereocenters. The predicted molar refractivity (Wildman–Crippen MR) is 193 cm³/mol. The number of unbranched alkanes of at least 4 members (excludes halogenated alkanes) is 11. The third-order valence-corrected chi connectivity index (χ3v) is 8.88. The van der Waals surface area contributed by atoms with Crippen molar-refractivity contribution in [3.8, 4) is 5.75 Å². The highest BCUT2D eigenvalue weighted by Crippen LogP contribution is 2.33. The minimum atomic E-state index is -0.0293. The highest BCUT2D eigenvalue weighted by molar-refractivity contribution is 5.92. The van der Waals surface area contributed by atoms with E-state index in [9.17, 15) is 4.79 Å². The fraction of sp³-hybridized carbons (Fsp3) is 0.512. The Morgan fingerprint density at radius 3 is 2.11 bits per heavy atom. The van der Waals surface area contributed by atoms with E-state index in [0.717, 1.165) is 47.1 Å². The number of benzene rings is 2. The Bertz CT molecular complexity index is 1380. The van der Waals surface area contributed by atoms with E-state index < -0.39 is 0 Å². The van der Waals surface area contributed by atoms with Crippen LogP contribution in [0.15, 0.2) is 77.6 Å². The first kappa shape index (κ1) is 35.2. The van der Waals surface area contributed by atoms with E-state index in [2.05, 4.69) is 74.1 Å². The molecule has 2 aliphatic heterocycles. The van der Waals surface area contributed by atoms with Crippen molar-refractivity contribution in [2.75, 3.05) is 11.5 Å². The largest absolute Gasteiger partial charge is 0.493 e. The SMILES string of the molecule is CCCCCCCCCCCCCCOc1cc(CN(C(C)=O)c2ccc(CC3=N[C+]=C4C=CC=CN43)cc2)ccc1C(C)(C)C. The highest BCUT2D eigenvalue weighted by atomic mass is 16.5. The molecule has 1 amide bonds. The summed E-state index contributed by atoms with van der Waals surface area (Å²) >= 11 is 0. The van der Waals surface area contributed by atoms with Gasteiger partial charge in [0.15, 0.2) is 6.20 Å². The molecule has 0 aliphatic carbocycles. The lowest BCUT2D eigenvalue weighted by Crippen LogP contribution is -2.28. The Morgan fingerprint density at radius 2 is 1.48 bits per heavy atom. The Kier molecular flexibility index (Phi) is 13.7. The number of hydrogen-bond acceptors (Lipinski definition) is 4. The van der Waals surface area contributed by atoms with Gasteiger partial charge in [0.25, 0.3) is 0 Å². The number of fused-ring (bicyclic) bond motifs is 1. The number of allylic oxidation sites excluding steroid dienone is 3. The van der Waals surface area contributed by atoms with Crippen LogP contribution in [0.25, 0.3) is 0 Å². The van der Waals surface area contributed by atoms with Gasteiger partial charge in [0.2, 0.25) is 17.4 Å². The van der Waals surface area contributed by atoms with E-state index in [0.29, 0.717) is 13.0 Å². The summed E-state index contributed by atoms with van der Waals surface area (Å²) in [5.41, 5.74) is 5.23. The van der Waals surface area contributed by atoms with Gasteiger partial charge in [-0.3, -0.25) is 4.79 Å². The van der Waals surface area contributed by atoms with Crippen molar-refractivity contribution in [2.45, 2.75) is 130 Å². The van der Waals surface area contributed by atoms with Crippen molar-refractivity contribution in [3.05, 3.63) is 95.5 Å². The molecule has 0 spiro atoms. The van der Waals surface area contributed by atoms with Crippen LogP contribution in [0.5, 0.6) is 5.75 Å². The van der Waals surface area contributed by atoms with Gasteiger partial charge < -0.3 is 9.64 Å². The monoisotopic (exact) mass is 622 g/mol. The number of carbonyl (C=O) groups is 1. The van der Waals surface area contributed by atoms with Crippen LogP contribution < -0.4 is 9.64 Å². The van der Waals surface area contributed by atoms with Gasteiger partial charge in [-0.1, -0.05) is 128 Å². The van der Waals surface area contributed by atoms with Crippen molar-refractivity contribution in [1.29, 1.82) is 0 Å². The average molecular weight is 623 g/mol. The lowest BCUT2D eigenvalue weighted by molar-refractivity contribution is -0.116. The summed E-state index contributed by atoms with van der Waals surface area (Å²) in [6, 6.07) is 14.7. The first-order chi connectivity index (χ1) is 22.3. The summed E-state index contributed by atoms with van der Waals surface area (Å²) in [6.07, 6.45) is 27.8. The lowest BCUT2D eigenvalue weighted by atomic mass is 9.85. The Hall–Kier alpha value is -3.69. The molecule has 2 aromatic rings. The molecule has 5 nitrogen and oxygen atoms in total. The number of nitrogens with zero attached hydrogens (tertiary/aromatic N) is 3. The number of ether oxygens (including phenoxy) is 1. The molecule has 246 valence electrons. The quantitative estimate of drug-likeness (QED) is 0.116. The summed E-state index contributed by atoms with van der Waals surface area (Å²) in [7, 11) is 0. The van der Waals surface area contributed by atoms with Gasteiger partial charge in [-0.25, -0.2) is 4.90 Å². The maximum absolute atomic E-state index is 12.8. The zero-order valence-electron chi connectivity index (χ0n) is 29.1. The maximum atomic E-state index is 12.8. The molecule has 0 bridgehead atoms. The second kappa shape index (κ2) is 17.9. The minimum Gasteiger partial charge on any atom is -0.493 e. The molecule has 2 aromatic carbocycles. The van der Waals surface area contributed by atoms with Crippen LogP contribution in [-0.2, 0) is 23.2 Å². The van der Waals surface area contributed by atoms with E-state index in [4.69, 9.17) is 4.74 Å². The summed E-state index contributed by atoms with van der Waals surface area (Å²) < 4.78 is 6.43. The highest BCUT2D eigenvalue weighted by Gasteiger charge is 2.28. The van der Waals surface area contributed by atoms with E-state index in [1.54, 1.807) is 6.92 Å². The average Bonchev–Trinajstić information content (AvgIpc) is 3.44. The van der Waals surface area contributed by atoms with Crippen molar-refractivity contribution < 1.29 is 9.53 Å². The third kappa shape index (κ3) is 10.7. The van der Waals surface area contributed by atoms with Gasteiger partial charge in [-0.2, -0.15) is 0 Å². The van der Waals surface area contributed by atoms with Crippen LogP contribution >= 0.6 is 0 Å². The van der Waals surface area contributed by atoms with Crippen LogP contribution in [0, 0.1) is 6.20 Å². The number of carbonyl (C=O) groups excluding carboxylic acids is 1. The molecule has 0 N–H and O–H groups in total. The predicted octanol–water partition coefficient (Wildman–Crippen LogP) is 10.6. The molecule has 0 atom stereocenters. The zero-order valence-corrected chi connectivity index (χ0v) is 29.1. The lowest BCUT2D eigenvalue weighted by Gasteiger charge is -2.26. The van der Waals surface area contributed by atoms with E-state index in [1.807, 2.05) is 41.5 Å². The molecular weight excluding hydrogens is 566 g/mol. The van der Waals surface area contributed by atoms with Crippen LogP contribution in [0.1, 0.15) is 128 Å². The van der Waals surface area contributed by atoms with E-state index >= 15 is 0 Å². The van der Waals surface area contributed by atoms with Gasteiger partial charge in [-0.05, 0) is 58.9 Å².